The van der Waals surface area contributed by atoms with Crippen LogP contribution in [-0.4, -0.2) is 33.5 Å². The first-order valence-electron chi connectivity index (χ1n) is 7.66. The second kappa shape index (κ2) is 8.78. The highest BCUT2D eigenvalue weighted by atomic mass is 16.5. The fourth-order valence-corrected chi connectivity index (χ4v) is 2.34. The van der Waals surface area contributed by atoms with Gasteiger partial charge >= 0.3 is 0 Å². The molecule has 0 aromatic heterocycles. The van der Waals surface area contributed by atoms with Crippen molar-refractivity contribution in [1.29, 1.82) is 0 Å². The molecule has 0 aliphatic rings. The number of benzene rings is 2. The van der Waals surface area contributed by atoms with Crippen molar-refractivity contribution >= 4 is 10.8 Å². The summed E-state index contributed by atoms with van der Waals surface area (Å²) in [6, 6.07) is 15.2. The van der Waals surface area contributed by atoms with Crippen LogP contribution in [0.25, 0.3) is 10.8 Å². The summed E-state index contributed by atoms with van der Waals surface area (Å²) in [6.45, 7) is 4.89. The van der Waals surface area contributed by atoms with Crippen LogP contribution in [0.1, 0.15) is 24.9 Å². The fourth-order valence-electron chi connectivity index (χ4n) is 2.34. The molecule has 0 aliphatic carbocycles. The number of nitrogens with one attached hydrogen (secondary N) is 1. The van der Waals surface area contributed by atoms with E-state index in [2.05, 4.69) is 54.7 Å². The van der Waals surface area contributed by atoms with E-state index in [9.17, 15) is 0 Å². The van der Waals surface area contributed by atoms with E-state index in [0.717, 1.165) is 13.0 Å². The van der Waals surface area contributed by atoms with Gasteiger partial charge in [0.05, 0.1) is 25.9 Å². The predicted molar refractivity (Wildman–Crippen MR) is 87.7 cm³/mol. The van der Waals surface area contributed by atoms with Crippen LogP contribution >= 0.6 is 0 Å². The fraction of sp³-hybridized carbons (Fsp3) is 0.444. The molecule has 3 nitrogen and oxygen atoms in total. The highest BCUT2D eigenvalue weighted by molar-refractivity contribution is 5.83. The first-order chi connectivity index (χ1) is 10.3. The summed E-state index contributed by atoms with van der Waals surface area (Å²) in [5.74, 6) is 0. The topological polar surface area (TPSA) is 30.5 Å². The van der Waals surface area contributed by atoms with Crippen LogP contribution < -0.4 is 5.32 Å². The lowest BCUT2D eigenvalue weighted by Gasteiger charge is -2.17. The molecule has 2 aromatic carbocycles. The normalized spacial score (nSPS) is 12.7. The molecule has 0 radical (unpaired) electrons. The lowest BCUT2D eigenvalue weighted by molar-refractivity contribution is 0.0399. The van der Waals surface area contributed by atoms with Crippen LogP contribution in [-0.2, 0) is 9.47 Å². The molecule has 0 saturated heterocycles. The molecule has 1 N–H and O–H groups in total. The summed E-state index contributed by atoms with van der Waals surface area (Å²) in [4.78, 5) is 0. The highest BCUT2D eigenvalue weighted by Gasteiger charge is 2.09. The number of likely N-dealkylation sites (N-methyl/N-ethyl adjacent to an activating group) is 1. The van der Waals surface area contributed by atoms with Gasteiger partial charge in [0, 0.05) is 6.61 Å². The number of hydrogen-bond acceptors (Lipinski definition) is 3. The number of rotatable bonds is 9. The van der Waals surface area contributed by atoms with Gasteiger partial charge in [0.1, 0.15) is 0 Å². The van der Waals surface area contributed by atoms with Crippen molar-refractivity contribution in [2.75, 3.05) is 33.5 Å². The Morgan fingerprint density at radius 3 is 2.48 bits per heavy atom. The molecule has 1 atom stereocenters. The summed E-state index contributed by atoms with van der Waals surface area (Å²) in [5, 5.41) is 5.85. The summed E-state index contributed by atoms with van der Waals surface area (Å²) in [7, 11) is 1.97. The van der Waals surface area contributed by atoms with E-state index in [1.54, 1.807) is 0 Å². The van der Waals surface area contributed by atoms with E-state index in [1.807, 2.05) is 7.05 Å². The first-order valence-corrected chi connectivity index (χ1v) is 7.66. The average Bonchev–Trinajstić information content (AvgIpc) is 2.54. The van der Waals surface area contributed by atoms with Crippen molar-refractivity contribution in [2.45, 2.75) is 19.4 Å². The standard InChI is InChI=1S/C18H25NO2/c1-3-10-20-11-12-21-14-18(19-2)17-9-8-15-6-4-5-7-16(15)13-17/h4-9,13,18-19H,3,10-12,14H2,1-2H3. The van der Waals surface area contributed by atoms with Crippen molar-refractivity contribution in [3.8, 4) is 0 Å². The Labute approximate surface area is 127 Å². The average molecular weight is 287 g/mol. The molecule has 0 bridgehead atoms. The van der Waals surface area contributed by atoms with Crippen LogP contribution in [0.3, 0.4) is 0 Å². The lowest BCUT2D eigenvalue weighted by Crippen LogP contribution is -2.22. The Hall–Kier alpha value is -1.42. The maximum Gasteiger partial charge on any atom is 0.0701 e. The van der Waals surface area contributed by atoms with E-state index in [1.165, 1.54) is 16.3 Å². The molecule has 0 amide bonds. The maximum atomic E-state index is 5.71. The van der Waals surface area contributed by atoms with Gasteiger partial charge in [-0.3, -0.25) is 0 Å². The van der Waals surface area contributed by atoms with Crippen LogP contribution in [0, 0.1) is 0 Å². The number of fused-ring (bicyclic) bond motifs is 1. The zero-order chi connectivity index (χ0) is 14.9. The minimum Gasteiger partial charge on any atom is -0.379 e. The molecule has 2 aromatic rings. The summed E-state index contributed by atoms with van der Waals surface area (Å²) in [5.41, 5.74) is 1.26. The minimum atomic E-state index is 0.209. The summed E-state index contributed by atoms with van der Waals surface area (Å²) in [6.07, 6.45) is 1.05. The van der Waals surface area contributed by atoms with E-state index < -0.39 is 0 Å². The van der Waals surface area contributed by atoms with Crippen molar-refractivity contribution in [3.63, 3.8) is 0 Å². The summed E-state index contributed by atoms with van der Waals surface area (Å²) < 4.78 is 11.1. The Bertz CT molecular complexity index is 541. The molecular formula is C18H25NO2. The van der Waals surface area contributed by atoms with Gasteiger partial charge < -0.3 is 14.8 Å². The van der Waals surface area contributed by atoms with Crippen molar-refractivity contribution in [1.82, 2.24) is 5.32 Å². The van der Waals surface area contributed by atoms with Crippen LogP contribution in [0.5, 0.6) is 0 Å². The highest BCUT2D eigenvalue weighted by Crippen LogP contribution is 2.20. The second-order valence-electron chi connectivity index (χ2n) is 5.14. The molecule has 0 fully saturated rings. The van der Waals surface area contributed by atoms with Gasteiger partial charge in [-0.2, -0.15) is 0 Å². The van der Waals surface area contributed by atoms with Gasteiger partial charge in [0.25, 0.3) is 0 Å². The predicted octanol–water partition coefficient (Wildman–Crippen LogP) is 3.54. The lowest BCUT2D eigenvalue weighted by atomic mass is 10.0. The Balaban J connectivity index is 1.89. The third-order valence-electron chi connectivity index (χ3n) is 3.53. The molecule has 3 heteroatoms. The van der Waals surface area contributed by atoms with Crippen molar-refractivity contribution in [2.24, 2.45) is 0 Å². The molecule has 0 heterocycles. The molecule has 0 saturated carbocycles. The molecule has 2 rings (SSSR count). The molecule has 1 unspecified atom stereocenters. The van der Waals surface area contributed by atoms with Gasteiger partial charge in [-0.25, -0.2) is 0 Å². The Morgan fingerprint density at radius 1 is 0.952 bits per heavy atom. The van der Waals surface area contributed by atoms with Gasteiger partial charge in [-0.05, 0) is 35.9 Å². The van der Waals surface area contributed by atoms with Crippen LogP contribution in [0.4, 0.5) is 0 Å². The first kappa shape index (κ1) is 16.0. The Kier molecular flexibility index (Phi) is 6.67. The number of ether oxygens (including phenoxy) is 2. The van der Waals surface area contributed by atoms with E-state index in [4.69, 9.17) is 9.47 Å². The van der Waals surface area contributed by atoms with Crippen molar-refractivity contribution in [3.05, 3.63) is 48.0 Å². The summed E-state index contributed by atoms with van der Waals surface area (Å²) >= 11 is 0. The monoisotopic (exact) mass is 287 g/mol. The molecule has 114 valence electrons. The van der Waals surface area contributed by atoms with Gasteiger partial charge in [0.2, 0.25) is 0 Å². The Morgan fingerprint density at radius 2 is 1.71 bits per heavy atom. The van der Waals surface area contributed by atoms with E-state index in [-0.39, 0.29) is 6.04 Å². The molecule has 0 spiro atoms. The number of hydrogen-bond donors (Lipinski definition) is 1. The largest absolute Gasteiger partial charge is 0.379 e. The van der Waals surface area contributed by atoms with Crippen LogP contribution in [0.15, 0.2) is 42.5 Å². The van der Waals surface area contributed by atoms with Gasteiger partial charge in [-0.1, -0.05) is 43.3 Å². The van der Waals surface area contributed by atoms with Gasteiger partial charge in [0.15, 0.2) is 0 Å². The zero-order valence-corrected chi connectivity index (χ0v) is 13.0. The minimum absolute atomic E-state index is 0.209. The van der Waals surface area contributed by atoms with E-state index >= 15 is 0 Å². The molecule has 0 aliphatic heterocycles. The zero-order valence-electron chi connectivity index (χ0n) is 13.0. The molecule has 21 heavy (non-hydrogen) atoms. The molecular weight excluding hydrogens is 262 g/mol. The third kappa shape index (κ3) is 4.81. The third-order valence-corrected chi connectivity index (χ3v) is 3.53. The SMILES string of the molecule is CCCOCCOCC(NC)c1ccc2ccccc2c1. The van der Waals surface area contributed by atoms with Gasteiger partial charge in [-0.15, -0.1) is 0 Å². The quantitative estimate of drug-likeness (QED) is 0.716. The van der Waals surface area contributed by atoms with Crippen LogP contribution in [0.2, 0.25) is 0 Å². The maximum absolute atomic E-state index is 5.71. The van der Waals surface area contributed by atoms with Crippen molar-refractivity contribution < 1.29 is 9.47 Å². The smallest absolute Gasteiger partial charge is 0.0701 e. The van der Waals surface area contributed by atoms with E-state index in [0.29, 0.717) is 19.8 Å². The second-order valence-corrected chi connectivity index (χ2v) is 5.14.